The molecule has 0 radical (unpaired) electrons. The molecule has 880 valence electrons. The van der Waals surface area contributed by atoms with Gasteiger partial charge in [-0.1, -0.05) is 227 Å². The number of carbonyl (C=O) groups excluding carboxylic acids is 13. The van der Waals surface area contributed by atoms with Crippen molar-refractivity contribution < 1.29 is 112 Å². The van der Waals surface area contributed by atoms with Gasteiger partial charge in [0, 0.05) is 89.6 Å². The summed E-state index contributed by atoms with van der Waals surface area (Å²) in [4.78, 5) is 199. The number of Topliss-reactive ketones (excluding diaryl/α,β-unsaturated/α-hetero) is 9. The summed E-state index contributed by atoms with van der Waals surface area (Å²) in [5.74, 6) is -5.02. The highest BCUT2D eigenvalue weighted by Gasteiger charge is 2.34. The Balaban J connectivity index is -0.000000157. The van der Waals surface area contributed by atoms with Crippen LogP contribution in [0.2, 0.25) is 0 Å². The largest absolute Gasteiger partial charge is 0.481 e. The van der Waals surface area contributed by atoms with Gasteiger partial charge in [0.1, 0.15) is 47.0 Å². The number of carbonyl (C=O) groups is 18. The summed E-state index contributed by atoms with van der Waals surface area (Å²) in [6.45, 7) is 84.0. The molecule has 0 aromatic rings. The summed E-state index contributed by atoms with van der Waals surface area (Å²) in [6, 6.07) is -5.45. The molecule has 11 unspecified atom stereocenters. The minimum absolute atomic E-state index is 0.0278. The van der Waals surface area contributed by atoms with Crippen LogP contribution in [0.15, 0.2) is 0 Å². The van der Waals surface area contributed by atoms with Crippen molar-refractivity contribution in [3.63, 3.8) is 0 Å². The third-order valence-electron chi connectivity index (χ3n) is 20.8. The van der Waals surface area contributed by atoms with Crippen LogP contribution in [0.5, 0.6) is 0 Å². The number of amides is 4. The van der Waals surface area contributed by atoms with Gasteiger partial charge in [0.15, 0.2) is 23.1 Å². The number of ketones is 9. The second-order valence-corrected chi connectivity index (χ2v) is 51.3. The molecule has 0 spiro atoms. The topological polar surface area (TPSA) is 715 Å². The third kappa shape index (κ3) is 114. The quantitative estimate of drug-likeness (QED) is 0.0252. The maximum atomic E-state index is 11.6. The second-order valence-electron chi connectivity index (χ2n) is 51.3. The summed E-state index contributed by atoms with van der Waals surface area (Å²) >= 11 is 0. The smallest absolute Gasteiger partial charge is 0.326 e. The Morgan fingerprint density at radius 2 is 0.570 bits per heavy atom. The highest BCUT2D eigenvalue weighted by molar-refractivity contribution is 5.92. The van der Waals surface area contributed by atoms with Crippen LogP contribution in [-0.2, 0) is 86.3 Å². The number of aliphatic carboxylic acids is 5. The average Bonchev–Trinajstić information content (AvgIpc) is 0.872. The van der Waals surface area contributed by atoms with Gasteiger partial charge in [-0.05, 0) is 220 Å². The number of nitrogens with one attached hydrogen (secondary N) is 6. The summed E-state index contributed by atoms with van der Waals surface area (Å²) < 4.78 is 0. The molecule has 0 rings (SSSR count). The molecule has 149 heavy (non-hydrogen) atoms. The van der Waals surface area contributed by atoms with E-state index in [9.17, 15) is 86.3 Å². The normalized spacial score (nSPS) is 13.9. The molecule has 11 atom stereocenters. The van der Waals surface area contributed by atoms with Crippen molar-refractivity contribution in [3.8, 4) is 0 Å². The number of nitrogens with two attached hydrogens (primary N) is 9. The molecule has 0 heterocycles. The first kappa shape index (κ1) is 163. The molecule has 38 heteroatoms. The first-order valence-corrected chi connectivity index (χ1v) is 52.6. The van der Waals surface area contributed by atoms with Gasteiger partial charge in [-0.2, -0.15) is 0 Å². The van der Waals surface area contributed by atoms with E-state index < -0.39 is 65.5 Å². The molecule has 0 bridgehead atoms. The summed E-state index contributed by atoms with van der Waals surface area (Å²) in [5.41, 5.74) is 47.8. The number of rotatable bonds is 48. The molecule has 0 aliphatic rings. The predicted molar refractivity (Wildman–Crippen MR) is 601 cm³/mol. The molecule has 38 nitrogen and oxygen atoms in total. The second kappa shape index (κ2) is 80.6. The van der Waals surface area contributed by atoms with Crippen LogP contribution in [-0.4, -0.2) is 235 Å². The van der Waals surface area contributed by atoms with Crippen molar-refractivity contribution in [1.29, 1.82) is 0 Å². The molecule has 0 saturated heterocycles. The number of unbranched alkanes of at least 4 members (excludes halogenated alkanes) is 4. The van der Waals surface area contributed by atoms with E-state index in [1.165, 1.54) is 13.8 Å². The van der Waals surface area contributed by atoms with E-state index in [0.29, 0.717) is 71.0 Å². The lowest BCUT2D eigenvalue weighted by Gasteiger charge is -2.24. The van der Waals surface area contributed by atoms with Crippen LogP contribution in [0.4, 0.5) is 0 Å². The molecular formula is C111H223N15O23. The van der Waals surface area contributed by atoms with E-state index in [0.717, 1.165) is 64.3 Å². The third-order valence-corrected chi connectivity index (χ3v) is 20.8. The number of carboxylic acid groups (broad SMARTS) is 5. The lowest BCUT2D eigenvalue weighted by Crippen LogP contribution is -2.45. The van der Waals surface area contributed by atoms with Crippen LogP contribution in [0.25, 0.3) is 0 Å². The standard InChI is InChI=1S/C13H26N2O2.C12H24N2O3.C11H24N2O.C11H19NO5.C11H21NO3.C10H22N2O.C10H19NO2.C9H17NO3.C9H19NO.C8H17NO.C7H15NO/c1-10(16)11(14)7-5-6-8-15-12(17)9-13(2,3)4;1-12(2,3)8-10(15)14-9(11(16)17)6-4-5-7-13;1-9(14)10(12)7-5-6-8-13-11(2,3)4;1-11(2,3)6-8(13)12-7(10(16)17)4-5-9(14)15;1-7(2)9(10(14)15)12-8(13)6-11(3,4)5;1-10(2,3)9(13)8(12)6-4-5-7-11;1-7(12)8(11)5-6-9(13)10(2,3)4;1-9(2,3)8(13)6(10)4-5-7(11)12;1-6(2)7(10)8(11)9(3,4)5;1-6(7(2)10)9-8(3,4)5;1-5(8)6(9)7(2,3)4/h11H,5-9,14H2,1-4H3,(H,15,17);9H,4-8,13H2,1-3H3,(H,14,15)(H,16,17);10,13H,5-8,12H2,1-4H3;7H,4-6H2,1-3H3,(H,12,13)(H,14,15)(H,16,17);7,9H,6H2,1-5H3,(H,12,13)(H,14,15);8H,4-7,11-12H2,1-3H3;8H,5-6,11H2,1-4H3;6H,4-5,10H2,1-3H3,(H,11,12);6-7H,10H2,1-5H3;6,9H,1-5H3;5H,8H2,1-4H3. The molecule has 0 fully saturated rings. The van der Waals surface area contributed by atoms with Crippen molar-refractivity contribution in [2.45, 2.75) is 517 Å². The van der Waals surface area contributed by atoms with E-state index in [1.54, 1.807) is 55.4 Å². The number of hydrogen-bond donors (Lipinski definition) is 20. The Hall–Kier alpha value is -8.18. The van der Waals surface area contributed by atoms with Crippen molar-refractivity contribution >= 4 is 106 Å². The molecule has 0 aliphatic carbocycles. The van der Waals surface area contributed by atoms with E-state index in [2.05, 4.69) is 52.7 Å². The monoisotopic (exact) mass is 2130 g/mol. The number of hydrogen-bond acceptors (Lipinski definition) is 29. The van der Waals surface area contributed by atoms with Gasteiger partial charge in [0.05, 0.1) is 48.3 Å². The molecule has 29 N–H and O–H groups in total. The summed E-state index contributed by atoms with van der Waals surface area (Å²) in [6.07, 6.45) is 11.9. The van der Waals surface area contributed by atoms with Gasteiger partial charge in [-0.15, -0.1) is 0 Å². The van der Waals surface area contributed by atoms with E-state index in [4.69, 9.17) is 77.1 Å². The Labute approximate surface area is 899 Å². The van der Waals surface area contributed by atoms with Crippen molar-refractivity contribution in [1.82, 2.24) is 31.9 Å². The molecule has 4 amide bonds. The molecule has 0 aromatic carbocycles. The van der Waals surface area contributed by atoms with Crippen LogP contribution in [0.1, 0.15) is 439 Å². The fraction of sp³-hybridized carbons (Fsp3) is 0.838. The van der Waals surface area contributed by atoms with E-state index >= 15 is 0 Å². The van der Waals surface area contributed by atoms with Crippen molar-refractivity contribution in [3.05, 3.63) is 0 Å². The van der Waals surface area contributed by atoms with E-state index in [-0.39, 0.29) is 210 Å². The predicted octanol–water partition coefficient (Wildman–Crippen LogP) is 13.7. The Morgan fingerprint density at radius 1 is 0.282 bits per heavy atom. The maximum Gasteiger partial charge on any atom is 0.326 e. The lowest BCUT2D eigenvalue weighted by molar-refractivity contribution is -0.144. The van der Waals surface area contributed by atoms with E-state index in [1.807, 2.05) is 208 Å². The fourth-order valence-corrected chi connectivity index (χ4v) is 11.8. The lowest BCUT2D eigenvalue weighted by atomic mass is 9.83. The maximum absolute atomic E-state index is 11.6. The average molecular weight is 2140 g/mol. The summed E-state index contributed by atoms with van der Waals surface area (Å²) in [5, 5.41) is 60.4. The first-order valence-electron chi connectivity index (χ1n) is 52.6. The highest BCUT2D eigenvalue weighted by atomic mass is 16.4. The SMILES string of the molecule is CC(=O)C(C)NC(C)(C)C.CC(=O)C(N)CCC(=O)C(C)(C)C.CC(=O)C(N)CCCCNC(=O)CC(C)(C)C.CC(=O)C(N)CCCCNC(C)(C)C.CC(C)(C)C(=O)C(N)CCC(=O)O.CC(C)(C)C(=O)C(N)CCCCN.CC(C)(C)CC(=O)NC(CCC(=O)O)C(=O)O.CC(C)(C)CC(=O)NC(CCCCN)C(=O)O.CC(C)C(N)C(=O)C(C)(C)C.CC(C)C(NC(=O)CC(C)(C)C)C(=O)O.CC(N)C(=O)C(C)(C)C. The Morgan fingerprint density at radius 3 is 0.819 bits per heavy atom. The van der Waals surface area contributed by atoms with Crippen LogP contribution >= 0.6 is 0 Å². The van der Waals surface area contributed by atoms with Crippen LogP contribution in [0, 0.1) is 60.6 Å². The first-order chi connectivity index (χ1) is 66.4. The highest BCUT2D eigenvalue weighted by Crippen LogP contribution is 2.26. The fourth-order valence-electron chi connectivity index (χ4n) is 11.8. The zero-order valence-electron chi connectivity index (χ0n) is 101. The van der Waals surface area contributed by atoms with Gasteiger partial charge in [-0.3, -0.25) is 71.9 Å². The Bertz CT molecular complexity index is 3870. The van der Waals surface area contributed by atoms with Crippen LogP contribution < -0.4 is 83.5 Å². The zero-order chi connectivity index (χ0) is 121. The molecular weight excluding hydrogens is 1910 g/mol. The van der Waals surface area contributed by atoms with Gasteiger partial charge in [0.2, 0.25) is 23.6 Å². The Kier molecular flexibility index (Phi) is 88.4. The zero-order valence-corrected chi connectivity index (χ0v) is 101. The van der Waals surface area contributed by atoms with Gasteiger partial charge in [0.25, 0.3) is 0 Å². The molecule has 0 aliphatic heterocycles. The van der Waals surface area contributed by atoms with Gasteiger partial charge >= 0.3 is 29.8 Å². The summed E-state index contributed by atoms with van der Waals surface area (Å²) in [7, 11) is 0. The molecule has 0 saturated carbocycles. The van der Waals surface area contributed by atoms with Crippen molar-refractivity contribution in [2.24, 2.45) is 112 Å². The number of carboxylic acids is 5. The minimum atomic E-state index is -1.21. The molecule has 0 aromatic heterocycles. The van der Waals surface area contributed by atoms with Gasteiger partial charge in [-0.25, -0.2) is 14.4 Å². The van der Waals surface area contributed by atoms with Gasteiger partial charge < -0.3 is 109 Å². The van der Waals surface area contributed by atoms with Crippen LogP contribution in [0.3, 0.4) is 0 Å². The van der Waals surface area contributed by atoms with Crippen molar-refractivity contribution in [2.75, 3.05) is 26.2 Å². The minimum Gasteiger partial charge on any atom is -0.481 e.